The van der Waals surface area contributed by atoms with Crippen LogP contribution in [0.4, 0.5) is 0 Å². The molecule has 0 aliphatic heterocycles. The molecule has 6 heteroatoms. The van der Waals surface area contributed by atoms with Crippen LogP contribution < -0.4 is 16.0 Å². The van der Waals surface area contributed by atoms with Gasteiger partial charge in [0.1, 0.15) is 10.7 Å². The summed E-state index contributed by atoms with van der Waals surface area (Å²) < 4.78 is 6.74. The number of para-hydroxylation sites is 1. The Morgan fingerprint density at radius 3 is 2.76 bits per heavy atom. The Hall–Kier alpha value is -2.21. The van der Waals surface area contributed by atoms with E-state index in [4.69, 9.17) is 22.7 Å². The molecule has 0 saturated heterocycles. The zero-order chi connectivity index (χ0) is 15.4. The number of nitrogens with zero attached hydrogens (tertiary/aromatic N) is 2. The van der Waals surface area contributed by atoms with Crippen molar-refractivity contribution in [2.24, 2.45) is 5.73 Å². The fourth-order valence-electron chi connectivity index (χ4n) is 2.07. The Kier molecular flexibility index (Phi) is 4.70. The van der Waals surface area contributed by atoms with Gasteiger partial charge in [0.15, 0.2) is 0 Å². The SMILES string of the molecule is CCCn1nc(-c2ccccc2OC)cc(C(N)=S)c1=O. The molecule has 110 valence electrons. The van der Waals surface area contributed by atoms with Crippen LogP contribution in [0.2, 0.25) is 0 Å². The molecule has 5 nitrogen and oxygen atoms in total. The number of hydrogen-bond donors (Lipinski definition) is 1. The van der Waals surface area contributed by atoms with E-state index >= 15 is 0 Å². The van der Waals surface area contributed by atoms with E-state index in [1.165, 1.54) is 4.68 Å². The topological polar surface area (TPSA) is 70.1 Å². The van der Waals surface area contributed by atoms with Crippen molar-refractivity contribution in [2.75, 3.05) is 7.11 Å². The van der Waals surface area contributed by atoms with E-state index in [9.17, 15) is 4.79 Å². The molecule has 21 heavy (non-hydrogen) atoms. The molecule has 0 aliphatic rings. The number of ether oxygens (including phenoxy) is 1. The molecule has 0 fully saturated rings. The minimum absolute atomic E-state index is 0.0726. The predicted octanol–water partition coefficient (Wildman–Crippen LogP) is 1.96. The van der Waals surface area contributed by atoms with Gasteiger partial charge in [-0.15, -0.1) is 0 Å². The average Bonchev–Trinajstić information content (AvgIpc) is 2.49. The highest BCUT2D eigenvalue weighted by atomic mass is 32.1. The van der Waals surface area contributed by atoms with Crippen molar-refractivity contribution in [3.05, 3.63) is 46.2 Å². The Labute approximate surface area is 128 Å². The highest BCUT2D eigenvalue weighted by Gasteiger charge is 2.14. The molecule has 1 heterocycles. The van der Waals surface area contributed by atoms with Crippen molar-refractivity contribution < 1.29 is 4.74 Å². The van der Waals surface area contributed by atoms with Crippen LogP contribution >= 0.6 is 12.2 Å². The molecular weight excluding hydrogens is 286 g/mol. The van der Waals surface area contributed by atoms with Crippen molar-refractivity contribution in [1.29, 1.82) is 0 Å². The lowest BCUT2D eigenvalue weighted by molar-refractivity contribution is 0.416. The first-order chi connectivity index (χ1) is 10.1. The van der Waals surface area contributed by atoms with Crippen molar-refractivity contribution in [3.8, 4) is 17.0 Å². The minimum Gasteiger partial charge on any atom is -0.496 e. The molecule has 0 aliphatic carbocycles. The van der Waals surface area contributed by atoms with E-state index in [1.807, 2.05) is 31.2 Å². The maximum Gasteiger partial charge on any atom is 0.277 e. The zero-order valence-electron chi connectivity index (χ0n) is 12.0. The van der Waals surface area contributed by atoms with Crippen LogP contribution in [-0.4, -0.2) is 21.9 Å². The summed E-state index contributed by atoms with van der Waals surface area (Å²) >= 11 is 4.97. The molecule has 2 aromatic rings. The third kappa shape index (κ3) is 3.11. The van der Waals surface area contributed by atoms with Crippen LogP contribution in [0, 0.1) is 0 Å². The molecular formula is C15H17N3O2S. The first kappa shape index (κ1) is 15.2. The smallest absolute Gasteiger partial charge is 0.277 e. The van der Waals surface area contributed by atoms with E-state index in [0.717, 1.165) is 12.0 Å². The molecule has 0 unspecified atom stereocenters. The Balaban J connectivity index is 2.69. The number of methoxy groups -OCH3 is 1. The lowest BCUT2D eigenvalue weighted by Gasteiger charge is -2.11. The zero-order valence-corrected chi connectivity index (χ0v) is 12.8. The second-order valence-corrected chi connectivity index (χ2v) is 4.98. The number of rotatable bonds is 5. The van der Waals surface area contributed by atoms with Gasteiger partial charge in [0.05, 0.1) is 18.4 Å². The van der Waals surface area contributed by atoms with Gasteiger partial charge in [-0.1, -0.05) is 31.3 Å². The van der Waals surface area contributed by atoms with Gasteiger partial charge >= 0.3 is 0 Å². The summed E-state index contributed by atoms with van der Waals surface area (Å²) in [4.78, 5) is 12.3. The number of hydrogen-bond acceptors (Lipinski definition) is 4. The van der Waals surface area contributed by atoms with Crippen LogP contribution in [0.25, 0.3) is 11.3 Å². The van der Waals surface area contributed by atoms with Gasteiger partial charge in [-0.05, 0) is 24.6 Å². The van der Waals surface area contributed by atoms with Crippen LogP contribution in [0.15, 0.2) is 35.1 Å². The molecule has 0 spiro atoms. The largest absolute Gasteiger partial charge is 0.496 e. The average molecular weight is 303 g/mol. The lowest BCUT2D eigenvalue weighted by atomic mass is 10.1. The molecule has 0 saturated carbocycles. The monoisotopic (exact) mass is 303 g/mol. The molecule has 0 amide bonds. The molecule has 0 atom stereocenters. The molecule has 1 aromatic heterocycles. The van der Waals surface area contributed by atoms with Gasteiger partial charge < -0.3 is 10.5 Å². The van der Waals surface area contributed by atoms with E-state index in [2.05, 4.69) is 5.10 Å². The molecule has 0 radical (unpaired) electrons. The fourth-order valence-corrected chi connectivity index (χ4v) is 2.22. The third-order valence-electron chi connectivity index (χ3n) is 3.06. The number of aryl methyl sites for hydroxylation is 1. The number of benzene rings is 1. The Bertz CT molecular complexity index is 725. The Morgan fingerprint density at radius 1 is 1.43 bits per heavy atom. The fraction of sp³-hybridized carbons (Fsp3) is 0.267. The normalized spacial score (nSPS) is 10.4. The molecule has 0 bridgehead atoms. The lowest BCUT2D eigenvalue weighted by Crippen LogP contribution is -2.31. The van der Waals surface area contributed by atoms with Crippen LogP contribution in [0.3, 0.4) is 0 Å². The first-order valence-corrected chi connectivity index (χ1v) is 7.04. The van der Waals surface area contributed by atoms with Gasteiger partial charge in [-0.3, -0.25) is 4.79 Å². The summed E-state index contributed by atoms with van der Waals surface area (Å²) in [6.07, 6.45) is 0.791. The van der Waals surface area contributed by atoms with E-state index < -0.39 is 0 Å². The second-order valence-electron chi connectivity index (χ2n) is 4.54. The van der Waals surface area contributed by atoms with Gasteiger partial charge in [0.25, 0.3) is 5.56 Å². The molecule has 2 rings (SSSR count). The quantitative estimate of drug-likeness (QED) is 0.855. The summed E-state index contributed by atoms with van der Waals surface area (Å²) in [5.41, 5.74) is 7.10. The number of nitrogens with two attached hydrogens (primary N) is 1. The van der Waals surface area contributed by atoms with E-state index in [-0.39, 0.29) is 10.5 Å². The maximum atomic E-state index is 12.2. The van der Waals surface area contributed by atoms with E-state index in [0.29, 0.717) is 23.6 Å². The summed E-state index contributed by atoms with van der Waals surface area (Å²) in [7, 11) is 1.59. The summed E-state index contributed by atoms with van der Waals surface area (Å²) in [6, 6.07) is 9.10. The number of thiocarbonyl (C=S) groups is 1. The summed E-state index contributed by atoms with van der Waals surface area (Å²) in [5, 5.41) is 4.39. The number of aromatic nitrogens is 2. The second kappa shape index (κ2) is 6.49. The van der Waals surface area contributed by atoms with Crippen molar-refractivity contribution >= 4 is 17.2 Å². The third-order valence-corrected chi connectivity index (χ3v) is 3.28. The highest BCUT2D eigenvalue weighted by Crippen LogP contribution is 2.27. The maximum absolute atomic E-state index is 12.2. The van der Waals surface area contributed by atoms with Gasteiger partial charge in [-0.2, -0.15) is 5.10 Å². The van der Waals surface area contributed by atoms with Crippen LogP contribution in [-0.2, 0) is 6.54 Å². The van der Waals surface area contributed by atoms with Gasteiger partial charge in [-0.25, -0.2) is 4.68 Å². The highest BCUT2D eigenvalue weighted by molar-refractivity contribution is 7.80. The molecule has 1 aromatic carbocycles. The van der Waals surface area contributed by atoms with E-state index in [1.54, 1.807) is 13.2 Å². The van der Waals surface area contributed by atoms with Crippen LogP contribution in [0.5, 0.6) is 5.75 Å². The van der Waals surface area contributed by atoms with Crippen molar-refractivity contribution in [3.63, 3.8) is 0 Å². The summed E-state index contributed by atoms with van der Waals surface area (Å²) in [5.74, 6) is 0.681. The standard InChI is InChI=1S/C15H17N3O2S/c1-3-8-18-15(19)11(14(16)21)9-12(17-18)10-6-4-5-7-13(10)20-2/h4-7,9H,3,8H2,1-2H3,(H2,16,21). The van der Waals surface area contributed by atoms with Gasteiger partial charge in [0.2, 0.25) is 0 Å². The van der Waals surface area contributed by atoms with Gasteiger partial charge in [0, 0.05) is 12.1 Å². The summed E-state index contributed by atoms with van der Waals surface area (Å²) in [6.45, 7) is 2.49. The minimum atomic E-state index is -0.261. The molecule has 2 N–H and O–H groups in total. The van der Waals surface area contributed by atoms with Crippen molar-refractivity contribution in [1.82, 2.24) is 9.78 Å². The first-order valence-electron chi connectivity index (χ1n) is 6.63. The Morgan fingerprint density at radius 2 is 2.14 bits per heavy atom. The van der Waals surface area contributed by atoms with Crippen molar-refractivity contribution in [2.45, 2.75) is 19.9 Å². The van der Waals surface area contributed by atoms with Crippen LogP contribution in [0.1, 0.15) is 18.9 Å². The predicted molar refractivity (Wildman–Crippen MR) is 86.7 cm³/mol.